The maximum absolute atomic E-state index is 11.2. The standard InChI is InChI=1S/C9H13N3O/c1-8(5-10-2)6-12-7-11-4-3-9(12)13/h3-4,7,10H,1,5-6H2,2H3. The fourth-order valence-electron chi connectivity index (χ4n) is 1.04. The smallest absolute Gasteiger partial charge is 0.253 e. The molecule has 4 heteroatoms. The van der Waals surface area contributed by atoms with E-state index in [1.807, 2.05) is 7.05 Å². The van der Waals surface area contributed by atoms with Crippen molar-refractivity contribution in [1.82, 2.24) is 14.9 Å². The third kappa shape index (κ3) is 2.83. The molecule has 70 valence electrons. The minimum Gasteiger partial charge on any atom is -0.316 e. The van der Waals surface area contributed by atoms with Crippen LogP contribution in [0.1, 0.15) is 0 Å². The van der Waals surface area contributed by atoms with Crippen LogP contribution in [0, 0.1) is 0 Å². The van der Waals surface area contributed by atoms with E-state index in [1.54, 1.807) is 0 Å². The van der Waals surface area contributed by atoms with E-state index in [1.165, 1.54) is 23.2 Å². The van der Waals surface area contributed by atoms with Crippen molar-refractivity contribution in [3.8, 4) is 0 Å². The molecule has 0 aliphatic carbocycles. The molecule has 1 heterocycles. The lowest BCUT2D eigenvalue weighted by Gasteiger charge is -2.06. The number of likely N-dealkylation sites (N-methyl/N-ethyl adjacent to an activating group) is 1. The van der Waals surface area contributed by atoms with Crippen LogP contribution in [-0.4, -0.2) is 23.1 Å². The van der Waals surface area contributed by atoms with E-state index in [-0.39, 0.29) is 5.56 Å². The molecule has 0 bridgehead atoms. The third-order valence-electron chi connectivity index (χ3n) is 1.61. The lowest BCUT2D eigenvalue weighted by molar-refractivity contribution is 0.695. The molecule has 0 radical (unpaired) electrons. The number of rotatable bonds is 4. The Kier molecular flexibility index (Phi) is 3.40. The summed E-state index contributed by atoms with van der Waals surface area (Å²) in [6.45, 7) is 5.06. The zero-order chi connectivity index (χ0) is 9.68. The van der Waals surface area contributed by atoms with Gasteiger partial charge in [0.15, 0.2) is 0 Å². The van der Waals surface area contributed by atoms with Gasteiger partial charge in [-0.2, -0.15) is 0 Å². The fourth-order valence-corrected chi connectivity index (χ4v) is 1.04. The summed E-state index contributed by atoms with van der Waals surface area (Å²) in [5.74, 6) is 0. The topological polar surface area (TPSA) is 46.9 Å². The van der Waals surface area contributed by atoms with Crippen molar-refractivity contribution >= 4 is 0 Å². The molecule has 0 unspecified atom stereocenters. The van der Waals surface area contributed by atoms with Gasteiger partial charge in [0.2, 0.25) is 0 Å². The third-order valence-corrected chi connectivity index (χ3v) is 1.61. The second-order valence-electron chi connectivity index (χ2n) is 2.83. The molecule has 13 heavy (non-hydrogen) atoms. The Bertz CT molecular complexity index is 343. The fraction of sp³-hybridized carbons (Fsp3) is 0.333. The summed E-state index contributed by atoms with van der Waals surface area (Å²) in [6, 6.07) is 1.44. The van der Waals surface area contributed by atoms with E-state index in [4.69, 9.17) is 0 Å². The molecular formula is C9H13N3O. The quantitative estimate of drug-likeness (QED) is 0.663. The van der Waals surface area contributed by atoms with Gasteiger partial charge >= 0.3 is 0 Å². The Balaban J connectivity index is 2.69. The number of nitrogens with zero attached hydrogens (tertiary/aromatic N) is 2. The van der Waals surface area contributed by atoms with Crippen molar-refractivity contribution in [2.45, 2.75) is 6.54 Å². The second-order valence-corrected chi connectivity index (χ2v) is 2.83. The van der Waals surface area contributed by atoms with Gasteiger partial charge in [0.25, 0.3) is 5.56 Å². The first-order chi connectivity index (χ1) is 6.24. The number of nitrogens with one attached hydrogen (secondary N) is 1. The Hall–Kier alpha value is -1.42. The van der Waals surface area contributed by atoms with Gasteiger partial charge < -0.3 is 5.32 Å². The highest BCUT2D eigenvalue weighted by Gasteiger charge is 1.96. The van der Waals surface area contributed by atoms with Crippen molar-refractivity contribution < 1.29 is 0 Å². The van der Waals surface area contributed by atoms with Crippen molar-refractivity contribution in [3.63, 3.8) is 0 Å². The molecule has 0 aliphatic rings. The molecule has 1 N–H and O–H groups in total. The Morgan fingerprint density at radius 3 is 3.15 bits per heavy atom. The maximum Gasteiger partial charge on any atom is 0.253 e. The average Bonchev–Trinajstić information content (AvgIpc) is 2.09. The summed E-state index contributed by atoms with van der Waals surface area (Å²) in [4.78, 5) is 15.1. The average molecular weight is 179 g/mol. The van der Waals surface area contributed by atoms with Gasteiger partial charge in [-0.15, -0.1) is 0 Å². The van der Waals surface area contributed by atoms with Crippen LogP contribution in [0.3, 0.4) is 0 Å². The van der Waals surface area contributed by atoms with Crippen molar-refractivity contribution in [2.75, 3.05) is 13.6 Å². The zero-order valence-corrected chi connectivity index (χ0v) is 7.66. The summed E-state index contributed by atoms with van der Waals surface area (Å²) in [5.41, 5.74) is 0.907. The molecular weight excluding hydrogens is 166 g/mol. The summed E-state index contributed by atoms with van der Waals surface area (Å²) in [6.07, 6.45) is 3.00. The van der Waals surface area contributed by atoms with Crippen LogP contribution in [0.4, 0.5) is 0 Å². The molecule has 1 aromatic heterocycles. The lowest BCUT2D eigenvalue weighted by atomic mass is 10.3. The summed E-state index contributed by atoms with van der Waals surface area (Å²) >= 11 is 0. The monoisotopic (exact) mass is 179 g/mol. The lowest BCUT2D eigenvalue weighted by Crippen LogP contribution is -2.22. The maximum atomic E-state index is 11.2. The molecule has 0 amide bonds. The van der Waals surface area contributed by atoms with Crippen LogP contribution < -0.4 is 10.9 Å². The van der Waals surface area contributed by atoms with Crippen LogP contribution in [0.25, 0.3) is 0 Å². The van der Waals surface area contributed by atoms with Gasteiger partial charge in [-0.1, -0.05) is 6.58 Å². The summed E-state index contributed by atoms with van der Waals surface area (Å²) in [5, 5.41) is 2.97. The SMILES string of the molecule is C=C(CNC)Cn1cnccc1=O. The minimum absolute atomic E-state index is 0.0488. The zero-order valence-electron chi connectivity index (χ0n) is 7.66. The first-order valence-electron chi connectivity index (χ1n) is 4.05. The van der Waals surface area contributed by atoms with Crippen LogP contribution in [0.5, 0.6) is 0 Å². The van der Waals surface area contributed by atoms with Crippen LogP contribution in [0.15, 0.2) is 35.5 Å². The first-order valence-corrected chi connectivity index (χ1v) is 4.05. The second kappa shape index (κ2) is 4.57. The highest BCUT2D eigenvalue weighted by molar-refractivity contribution is 4.98. The van der Waals surface area contributed by atoms with Gasteiger partial charge in [0.05, 0.1) is 6.33 Å². The normalized spacial score (nSPS) is 9.92. The first kappa shape index (κ1) is 9.67. The Morgan fingerprint density at radius 1 is 1.77 bits per heavy atom. The molecule has 4 nitrogen and oxygen atoms in total. The van der Waals surface area contributed by atoms with E-state index < -0.39 is 0 Å². The molecule has 1 rings (SSSR count). The number of hydrogen-bond acceptors (Lipinski definition) is 3. The van der Waals surface area contributed by atoms with E-state index in [0.29, 0.717) is 13.1 Å². The Labute approximate surface area is 76.9 Å². The largest absolute Gasteiger partial charge is 0.316 e. The molecule has 0 saturated heterocycles. The Morgan fingerprint density at radius 2 is 2.54 bits per heavy atom. The molecule has 1 aromatic rings. The molecule has 0 spiro atoms. The predicted octanol–water partition coefficient (Wildman–Crippen LogP) is 0.0189. The molecule has 0 fully saturated rings. The number of hydrogen-bond donors (Lipinski definition) is 1. The van der Waals surface area contributed by atoms with Crippen molar-refractivity contribution in [3.05, 3.63) is 41.1 Å². The van der Waals surface area contributed by atoms with Crippen LogP contribution >= 0.6 is 0 Å². The van der Waals surface area contributed by atoms with Crippen molar-refractivity contribution in [1.29, 1.82) is 0 Å². The van der Waals surface area contributed by atoms with Gasteiger partial charge in [-0.3, -0.25) is 9.36 Å². The summed E-state index contributed by atoms with van der Waals surface area (Å²) in [7, 11) is 1.84. The van der Waals surface area contributed by atoms with Crippen molar-refractivity contribution in [2.24, 2.45) is 0 Å². The number of aromatic nitrogens is 2. The summed E-state index contributed by atoms with van der Waals surface area (Å²) < 4.78 is 1.53. The van der Waals surface area contributed by atoms with Gasteiger partial charge in [0, 0.05) is 25.4 Å². The van der Waals surface area contributed by atoms with E-state index in [9.17, 15) is 4.79 Å². The van der Waals surface area contributed by atoms with Gasteiger partial charge in [-0.25, -0.2) is 4.98 Å². The van der Waals surface area contributed by atoms with E-state index in [0.717, 1.165) is 5.57 Å². The van der Waals surface area contributed by atoms with Crippen LogP contribution in [0.2, 0.25) is 0 Å². The van der Waals surface area contributed by atoms with Gasteiger partial charge in [-0.05, 0) is 12.6 Å². The van der Waals surface area contributed by atoms with Crippen LogP contribution in [-0.2, 0) is 6.54 Å². The highest BCUT2D eigenvalue weighted by atomic mass is 16.1. The molecule has 0 aliphatic heterocycles. The minimum atomic E-state index is -0.0488. The van der Waals surface area contributed by atoms with Gasteiger partial charge in [0.1, 0.15) is 0 Å². The molecule has 0 aromatic carbocycles. The molecule has 0 atom stereocenters. The van der Waals surface area contributed by atoms with E-state index in [2.05, 4.69) is 16.9 Å². The predicted molar refractivity (Wildman–Crippen MR) is 51.6 cm³/mol. The molecule has 0 saturated carbocycles. The van der Waals surface area contributed by atoms with E-state index >= 15 is 0 Å². The highest BCUT2D eigenvalue weighted by Crippen LogP contribution is 1.90.